The maximum absolute atomic E-state index is 13.2. The number of anilines is 1. The summed E-state index contributed by atoms with van der Waals surface area (Å²) in [6.45, 7) is 5.51. The molecule has 23 heavy (non-hydrogen) atoms. The van der Waals surface area contributed by atoms with Crippen LogP contribution in [0.4, 0.5) is 18.9 Å². The maximum Gasteiger partial charge on any atom is 0.418 e. The quantitative estimate of drug-likeness (QED) is 0.838. The molecule has 0 bridgehead atoms. The van der Waals surface area contributed by atoms with Gasteiger partial charge in [0.1, 0.15) is 0 Å². The molecule has 0 saturated carbocycles. The van der Waals surface area contributed by atoms with Crippen molar-refractivity contribution in [2.45, 2.75) is 39.3 Å². The maximum atomic E-state index is 13.2. The molecule has 0 unspecified atom stereocenters. The molecule has 3 nitrogen and oxygen atoms in total. The van der Waals surface area contributed by atoms with Gasteiger partial charge in [0, 0.05) is 38.3 Å². The molecular weight excluding hydrogens is 305 g/mol. The van der Waals surface area contributed by atoms with Crippen LogP contribution in [0.2, 0.25) is 0 Å². The van der Waals surface area contributed by atoms with Crippen LogP contribution in [0.3, 0.4) is 0 Å². The molecule has 1 heterocycles. The highest BCUT2D eigenvalue weighted by Crippen LogP contribution is 2.37. The molecule has 0 aromatic heterocycles. The van der Waals surface area contributed by atoms with Crippen LogP contribution in [0.25, 0.3) is 0 Å². The Hall–Kier alpha value is -1.72. The standard InChI is InChI=1S/C17H23F3N2O/c1-3-4-5-16(23)22-10-8-21(9-11-22)15-7-6-13(2)12-14(15)17(18,19)20/h6-7,12H,3-5,8-11H2,1-2H3. The zero-order chi connectivity index (χ0) is 17.0. The number of carbonyl (C=O) groups is 1. The van der Waals surface area contributed by atoms with Gasteiger partial charge in [0.15, 0.2) is 0 Å². The van der Waals surface area contributed by atoms with Crippen molar-refractivity contribution in [2.24, 2.45) is 0 Å². The lowest BCUT2D eigenvalue weighted by Gasteiger charge is -2.37. The van der Waals surface area contributed by atoms with Gasteiger partial charge >= 0.3 is 6.18 Å². The molecule has 1 aromatic rings. The third-order valence-corrected chi connectivity index (χ3v) is 4.17. The summed E-state index contributed by atoms with van der Waals surface area (Å²) in [5.74, 6) is 0.103. The Labute approximate surface area is 135 Å². The fourth-order valence-corrected chi connectivity index (χ4v) is 2.84. The molecule has 0 atom stereocenters. The Bertz CT molecular complexity index is 549. The number of amides is 1. The van der Waals surface area contributed by atoms with Crippen LogP contribution in [0.15, 0.2) is 18.2 Å². The number of hydrogen-bond donors (Lipinski definition) is 0. The minimum atomic E-state index is -4.37. The zero-order valence-corrected chi connectivity index (χ0v) is 13.6. The first-order valence-corrected chi connectivity index (χ1v) is 8.03. The molecule has 6 heteroatoms. The third-order valence-electron chi connectivity index (χ3n) is 4.17. The number of rotatable bonds is 4. The summed E-state index contributed by atoms with van der Waals surface area (Å²) in [5.41, 5.74) is 0.210. The van der Waals surface area contributed by atoms with E-state index in [2.05, 4.69) is 0 Å². The highest BCUT2D eigenvalue weighted by Gasteiger charge is 2.35. The van der Waals surface area contributed by atoms with E-state index >= 15 is 0 Å². The van der Waals surface area contributed by atoms with E-state index in [1.807, 2.05) is 6.92 Å². The fourth-order valence-electron chi connectivity index (χ4n) is 2.84. The first-order chi connectivity index (χ1) is 10.8. The lowest BCUT2D eigenvalue weighted by atomic mass is 10.1. The third kappa shape index (κ3) is 4.39. The van der Waals surface area contributed by atoms with E-state index in [1.165, 1.54) is 12.1 Å². The summed E-state index contributed by atoms with van der Waals surface area (Å²) >= 11 is 0. The molecular formula is C17H23F3N2O. The zero-order valence-electron chi connectivity index (χ0n) is 13.6. The number of hydrogen-bond acceptors (Lipinski definition) is 2. The summed E-state index contributed by atoms with van der Waals surface area (Å²) in [5, 5.41) is 0. The van der Waals surface area contributed by atoms with Crippen molar-refractivity contribution in [3.63, 3.8) is 0 Å². The van der Waals surface area contributed by atoms with Crippen LogP contribution in [0.5, 0.6) is 0 Å². The van der Waals surface area contributed by atoms with Gasteiger partial charge in [0.25, 0.3) is 0 Å². The van der Waals surface area contributed by atoms with Crippen LogP contribution < -0.4 is 4.90 Å². The summed E-state index contributed by atoms with van der Waals surface area (Å²) in [4.78, 5) is 15.5. The van der Waals surface area contributed by atoms with Crippen LogP contribution in [0.1, 0.15) is 37.3 Å². The molecule has 128 valence electrons. The minimum Gasteiger partial charge on any atom is -0.367 e. The van der Waals surface area contributed by atoms with E-state index in [0.717, 1.165) is 12.8 Å². The van der Waals surface area contributed by atoms with Crippen LogP contribution in [0, 0.1) is 6.92 Å². The first kappa shape index (κ1) is 17.6. The highest BCUT2D eigenvalue weighted by molar-refractivity contribution is 5.76. The normalized spacial score (nSPS) is 15.9. The van der Waals surface area contributed by atoms with E-state index in [1.54, 1.807) is 22.8 Å². The number of halogens is 3. The van der Waals surface area contributed by atoms with Gasteiger partial charge in [-0.25, -0.2) is 0 Å². The summed E-state index contributed by atoms with van der Waals surface area (Å²) in [6, 6.07) is 4.42. The van der Waals surface area contributed by atoms with Crippen LogP contribution >= 0.6 is 0 Å². The van der Waals surface area contributed by atoms with Crippen molar-refractivity contribution in [3.05, 3.63) is 29.3 Å². The Morgan fingerprint density at radius 1 is 1.17 bits per heavy atom. The second-order valence-corrected chi connectivity index (χ2v) is 5.99. The van der Waals surface area contributed by atoms with Gasteiger partial charge in [0.05, 0.1) is 5.56 Å². The predicted octanol–water partition coefficient (Wildman–Crippen LogP) is 3.85. The Kier molecular flexibility index (Phi) is 5.55. The van der Waals surface area contributed by atoms with Gasteiger partial charge in [-0.3, -0.25) is 4.79 Å². The summed E-state index contributed by atoms with van der Waals surface area (Å²) in [7, 11) is 0. The van der Waals surface area contributed by atoms with Crippen molar-refractivity contribution >= 4 is 11.6 Å². The number of piperazine rings is 1. The van der Waals surface area contributed by atoms with E-state index in [4.69, 9.17) is 0 Å². The molecule has 0 aliphatic carbocycles. The molecule has 1 aromatic carbocycles. The SMILES string of the molecule is CCCCC(=O)N1CCN(c2ccc(C)cc2C(F)(F)F)CC1. The molecule has 0 N–H and O–H groups in total. The largest absolute Gasteiger partial charge is 0.418 e. The average Bonchev–Trinajstić information content (AvgIpc) is 2.52. The van der Waals surface area contributed by atoms with E-state index in [9.17, 15) is 18.0 Å². The molecule has 1 aliphatic rings. The van der Waals surface area contributed by atoms with Crippen molar-refractivity contribution in [2.75, 3.05) is 31.1 Å². The lowest BCUT2D eigenvalue weighted by Crippen LogP contribution is -2.49. The van der Waals surface area contributed by atoms with Crippen molar-refractivity contribution in [3.8, 4) is 0 Å². The average molecular weight is 328 g/mol. The minimum absolute atomic E-state index is 0.103. The van der Waals surface area contributed by atoms with E-state index in [-0.39, 0.29) is 11.6 Å². The van der Waals surface area contributed by atoms with Gasteiger partial charge in [-0.1, -0.05) is 25.0 Å². The molecule has 1 fully saturated rings. The number of alkyl halides is 3. The van der Waals surface area contributed by atoms with Gasteiger partial charge in [-0.2, -0.15) is 13.2 Å². The number of nitrogens with zero attached hydrogens (tertiary/aromatic N) is 2. The number of benzene rings is 1. The molecule has 2 rings (SSSR count). The fraction of sp³-hybridized carbons (Fsp3) is 0.588. The molecule has 1 amide bonds. The highest BCUT2D eigenvalue weighted by atomic mass is 19.4. The molecule has 1 aliphatic heterocycles. The molecule has 0 spiro atoms. The van der Waals surface area contributed by atoms with Crippen LogP contribution in [-0.4, -0.2) is 37.0 Å². The number of unbranched alkanes of at least 4 members (excludes halogenated alkanes) is 1. The monoisotopic (exact) mass is 328 g/mol. The summed E-state index contributed by atoms with van der Waals surface area (Å²) in [6.07, 6.45) is -2.02. The van der Waals surface area contributed by atoms with Crippen molar-refractivity contribution < 1.29 is 18.0 Å². The topological polar surface area (TPSA) is 23.6 Å². The lowest BCUT2D eigenvalue weighted by molar-refractivity contribution is -0.137. The molecule has 1 saturated heterocycles. The Morgan fingerprint density at radius 2 is 1.83 bits per heavy atom. The van der Waals surface area contributed by atoms with Gasteiger partial charge in [-0.15, -0.1) is 0 Å². The Balaban J connectivity index is 2.07. The van der Waals surface area contributed by atoms with Gasteiger partial charge < -0.3 is 9.80 Å². The Morgan fingerprint density at radius 3 is 2.39 bits per heavy atom. The van der Waals surface area contributed by atoms with E-state index < -0.39 is 11.7 Å². The number of aryl methyl sites for hydroxylation is 1. The smallest absolute Gasteiger partial charge is 0.367 e. The summed E-state index contributed by atoms with van der Waals surface area (Å²) < 4.78 is 39.7. The molecule has 0 radical (unpaired) electrons. The van der Waals surface area contributed by atoms with Crippen molar-refractivity contribution in [1.82, 2.24) is 4.90 Å². The number of carbonyl (C=O) groups excluding carboxylic acids is 1. The van der Waals surface area contributed by atoms with Gasteiger partial charge in [0.2, 0.25) is 5.91 Å². The van der Waals surface area contributed by atoms with E-state index in [0.29, 0.717) is 38.2 Å². The second-order valence-electron chi connectivity index (χ2n) is 5.99. The second kappa shape index (κ2) is 7.23. The van der Waals surface area contributed by atoms with Crippen molar-refractivity contribution in [1.29, 1.82) is 0 Å². The predicted molar refractivity (Wildman–Crippen MR) is 84.5 cm³/mol. The van der Waals surface area contributed by atoms with Crippen LogP contribution in [-0.2, 0) is 11.0 Å². The van der Waals surface area contributed by atoms with Gasteiger partial charge in [-0.05, 0) is 25.5 Å². The first-order valence-electron chi connectivity index (χ1n) is 8.03.